The second-order valence-corrected chi connectivity index (χ2v) is 13.0. The van der Waals surface area contributed by atoms with Gasteiger partial charge in [0.05, 0.1) is 0 Å². The number of alkyl halides is 24. The third-order valence-corrected chi connectivity index (χ3v) is 9.79. The Balaban J connectivity index is 3.87. The second-order valence-electron chi connectivity index (χ2n) is 13.0. The van der Waals surface area contributed by atoms with Crippen molar-refractivity contribution >= 4 is 17.6 Å². The molecule has 2 rings (SSSR count). The molecule has 0 aliphatic carbocycles. The Bertz CT molecular complexity index is 1830. The van der Waals surface area contributed by atoms with Crippen molar-refractivity contribution in [3.63, 3.8) is 0 Å². The zero-order valence-electron chi connectivity index (χ0n) is 31.7. The van der Waals surface area contributed by atoms with Crippen molar-refractivity contribution < 1.29 is 124 Å². The molecule has 2 aromatic carbocycles. The molecular formula is C34H27BF24O4. The second kappa shape index (κ2) is 17.2. The van der Waals surface area contributed by atoms with Crippen molar-refractivity contribution in [2.75, 3.05) is 28.4 Å². The Morgan fingerprint density at radius 2 is 0.698 bits per heavy atom. The molecule has 0 aromatic heterocycles. The molecule has 358 valence electrons. The summed E-state index contributed by atoms with van der Waals surface area (Å²) >= 11 is 0. The zero-order chi connectivity index (χ0) is 49.8. The maximum atomic E-state index is 14.8. The van der Waals surface area contributed by atoms with Gasteiger partial charge in [-0.25, -0.2) is 0 Å². The number of methoxy groups -OCH3 is 4. The molecule has 0 N–H and O–H groups in total. The van der Waals surface area contributed by atoms with Crippen LogP contribution < -0.4 is 10.9 Å². The Labute approximate surface area is 338 Å². The topological polar surface area (TPSA) is 36.9 Å². The van der Waals surface area contributed by atoms with Gasteiger partial charge in [-0.05, 0) is 30.4 Å². The maximum Gasteiger partial charge on any atom is 0.430 e. The summed E-state index contributed by atoms with van der Waals surface area (Å²) in [5.41, 5.74) is -41.0. The Hall–Kier alpha value is -3.86. The van der Waals surface area contributed by atoms with E-state index >= 15 is 0 Å². The minimum Gasteiger partial charge on any atom is -0.357 e. The van der Waals surface area contributed by atoms with Crippen LogP contribution in [0.5, 0.6) is 0 Å². The van der Waals surface area contributed by atoms with Crippen LogP contribution in [0, 0.1) is 0 Å². The van der Waals surface area contributed by atoms with Crippen LogP contribution >= 0.6 is 0 Å². The van der Waals surface area contributed by atoms with Crippen molar-refractivity contribution in [1.82, 2.24) is 0 Å². The number of allylic oxidation sites excluding steroid dienone is 2. The molecule has 29 heteroatoms. The highest BCUT2D eigenvalue weighted by molar-refractivity contribution is 6.86. The number of rotatable bonds is 14. The number of halogens is 24. The Morgan fingerprint density at radius 1 is 0.413 bits per heavy atom. The van der Waals surface area contributed by atoms with Gasteiger partial charge in [-0.2, -0.15) is 105 Å². The molecule has 0 atom stereocenters. The van der Waals surface area contributed by atoms with E-state index in [4.69, 9.17) is 0 Å². The summed E-state index contributed by atoms with van der Waals surface area (Å²) in [7, 11) is -1.65. The lowest BCUT2D eigenvalue weighted by atomic mass is 9.37. The van der Waals surface area contributed by atoms with E-state index in [1.54, 1.807) is 0 Å². The van der Waals surface area contributed by atoms with Gasteiger partial charge in [0.1, 0.15) is 0 Å². The fraction of sp³-hybridized carbons (Fsp3) is 0.529. The fourth-order valence-electron chi connectivity index (χ4n) is 7.08. The smallest absolute Gasteiger partial charge is 0.357 e. The minimum atomic E-state index is -7.01. The van der Waals surface area contributed by atoms with E-state index in [2.05, 4.69) is 32.1 Å². The highest BCUT2D eigenvalue weighted by Crippen LogP contribution is 2.59. The maximum absolute atomic E-state index is 14.8. The van der Waals surface area contributed by atoms with Crippen LogP contribution in [0.3, 0.4) is 0 Å². The largest absolute Gasteiger partial charge is 0.430 e. The van der Waals surface area contributed by atoms with E-state index in [9.17, 15) is 105 Å². The summed E-state index contributed by atoms with van der Waals surface area (Å²) in [5.74, 6) is 0. The molecule has 0 bridgehead atoms. The van der Waals surface area contributed by atoms with Gasteiger partial charge in [-0.15, -0.1) is 13.2 Å². The number of hydrogen-bond donors (Lipinski definition) is 0. The molecule has 0 aliphatic rings. The number of hydrogen-bond acceptors (Lipinski definition) is 4. The first-order valence-corrected chi connectivity index (χ1v) is 16.3. The minimum absolute atomic E-state index is 0.297. The third kappa shape index (κ3) is 8.58. The van der Waals surface area contributed by atoms with Gasteiger partial charge >= 0.3 is 49.4 Å². The lowest BCUT2D eigenvalue weighted by molar-refractivity contribution is -0.386. The van der Waals surface area contributed by atoms with Gasteiger partial charge in [0.25, 0.3) is 22.4 Å². The molecule has 0 fully saturated rings. The standard InChI is InChI=1S/C34H27BF24O4/c1-7-9-20-21(26(63-6,33(54,55)56)34(57,58)59)14-18(25(62-5,31(48,49)50)32(51,52)53)15-22(20)35(10-8-2)19-12-16(23(60-3,27(36,37)38)28(39,40)41)11-17(13-19)24(61-4,29(42,43)44)30(45,46)47/h7-8,11-15H,1-2,9-10H2,3-6H3. The summed E-state index contributed by atoms with van der Waals surface area (Å²) in [5, 5.41) is 0. The molecule has 0 spiro atoms. The normalized spacial score (nSPS) is 14.9. The van der Waals surface area contributed by atoms with Gasteiger partial charge < -0.3 is 18.9 Å². The van der Waals surface area contributed by atoms with E-state index in [0.717, 1.165) is 0 Å². The van der Waals surface area contributed by atoms with Crippen LogP contribution in [0.4, 0.5) is 105 Å². The summed E-state index contributed by atoms with van der Waals surface area (Å²) < 4.78 is 367. The predicted octanol–water partition coefficient (Wildman–Crippen LogP) is 11.1. The average Bonchev–Trinajstić information content (AvgIpc) is 3.05. The van der Waals surface area contributed by atoms with Crippen molar-refractivity contribution in [1.29, 1.82) is 0 Å². The Kier molecular flexibility index (Phi) is 15.1. The van der Waals surface area contributed by atoms with Crippen LogP contribution in [-0.2, 0) is 47.8 Å². The van der Waals surface area contributed by atoms with Crippen molar-refractivity contribution in [2.24, 2.45) is 0 Å². The van der Waals surface area contributed by atoms with Crippen molar-refractivity contribution in [3.05, 3.63) is 83.5 Å². The molecule has 0 saturated heterocycles. The fourth-order valence-corrected chi connectivity index (χ4v) is 7.08. The molecule has 2 aromatic rings. The molecule has 0 saturated carbocycles. The van der Waals surface area contributed by atoms with E-state index < -0.39 is 189 Å². The van der Waals surface area contributed by atoms with Crippen LogP contribution in [0.15, 0.2) is 55.6 Å². The third-order valence-electron chi connectivity index (χ3n) is 9.79. The van der Waals surface area contributed by atoms with Crippen molar-refractivity contribution in [3.8, 4) is 0 Å². The lowest BCUT2D eigenvalue weighted by Crippen LogP contribution is -2.59. The van der Waals surface area contributed by atoms with Crippen LogP contribution in [0.2, 0.25) is 6.32 Å². The summed E-state index contributed by atoms with van der Waals surface area (Å²) in [6.45, 7) is 2.97. The van der Waals surface area contributed by atoms with Gasteiger partial charge in [0.2, 0.25) is 6.71 Å². The number of benzene rings is 2. The van der Waals surface area contributed by atoms with Gasteiger partial charge in [0.15, 0.2) is 0 Å². The molecule has 0 heterocycles. The predicted molar refractivity (Wildman–Crippen MR) is 170 cm³/mol. The first kappa shape index (κ1) is 55.3. The summed E-state index contributed by atoms with van der Waals surface area (Å²) in [6, 6.07) is -3.85. The molecule has 0 radical (unpaired) electrons. The average molecular weight is 966 g/mol. The van der Waals surface area contributed by atoms with Crippen molar-refractivity contribution in [2.45, 2.75) is 84.6 Å². The van der Waals surface area contributed by atoms with Gasteiger partial charge in [0, 0.05) is 50.7 Å². The molecule has 0 unspecified atom stereocenters. The molecule has 0 amide bonds. The van der Waals surface area contributed by atoms with Gasteiger partial charge in [-0.1, -0.05) is 41.3 Å². The summed E-state index contributed by atoms with van der Waals surface area (Å²) in [4.78, 5) is 0. The highest BCUT2D eigenvalue weighted by Gasteiger charge is 2.78. The highest BCUT2D eigenvalue weighted by atomic mass is 19.4. The molecule has 63 heavy (non-hydrogen) atoms. The molecular weight excluding hydrogens is 939 g/mol. The monoisotopic (exact) mass is 966 g/mol. The summed E-state index contributed by atoms with van der Waals surface area (Å²) in [6.07, 6.45) is -58.5. The first-order chi connectivity index (χ1) is 28.0. The lowest BCUT2D eigenvalue weighted by Gasteiger charge is -2.41. The first-order valence-electron chi connectivity index (χ1n) is 16.3. The zero-order valence-corrected chi connectivity index (χ0v) is 31.7. The van der Waals surface area contributed by atoms with E-state index in [-0.39, 0.29) is 0 Å². The van der Waals surface area contributed by atoms with E-state index in [1.165, 1.54) is 0 Å². The van der Waals surface area contributed by atoms with Crippen LogP contribution in [0.1, 0.15) is 27.8 Å². The molecule has 4 nitrogen and oxygen atoms in total. The van der Waals surface area contributed by atoms with Crippen LogP contribution in [-0.4, -0.2) is 84.6 Å². The van der Waals surface area contributed by atoms with E-state index in [0.29, 0.717) is 12.2 Å². The SMILES string of the molecule is C=CCB(c1cc(C(OC)(C(F)(F)F)C(F)(F)F)cc(C(OC)(C(F)(F)F)C(F)(F)F)c1)c1cc(C(OC)(C(F)(F)F)C(F)(F)F)cc(C(OC)(C(F)(F)F)C(F)(F)F)c1CC=C. The molecule has 0 aliphatic heterocycles. The Morgan fingerprint density at radius 3 is 0.937 bits per heavy atom. The number of ether oxygens (including phenoxy) is 4. The van der Waals surface area contributed by atoms with E-state index in [1.807, 2.05) is 0 Å². The quantitative estimate of drug-likeness (QED) is 0.107. The van der Waals surface area contributed by atoms with Crippen LogP contribution in [0.25, 0.3) is 0 Å². The van der Waals surface area contributed by atoms with Gasteiger partial charge in [-0.3, -0.25) is 0 Å².